The summed E-state index contributed by atoms with van der Waals surface area (Å²) in [7, 11) is 0. The van der Waals surface area contributed by atoms with E-state index < -0.39 is 0 Å². The Bertz CT molecular complexity index is 402. The van der Waals surface area contributed by atoms with Gasteiger partial charge in [-0.05, 0) is 38.6 Å². The molecule has 20 heavy (non-hydrogen) atoms. The van der Waals surface area contributed by atoms with E-state index in [2.05, 4.69) is 29.0 Å². The Kier molecular flexibility index (Phi) is 5.80. The Balaban J connectivity index is 1.82. The predicted molar refractivity (Wildman–Crippen MR) is 82.8 cm³/mol. The first kappa shape index (κ1) is 15.3. The molecule has 1 atom stereocenters. The molecule has 1 heterocycles. The summed E-state index contributed by atoms with van der Waals surface area (Å²) in [5.74, 6) is -0.110. The van der Waals surface area contributed by atoms with E-state index >= 15 is 0 Å². The molecular formula is C16H26FN3. The third-order valence-electron chi connectivity index (χ3n) is 4.12. The first-order valence-electron chi connectivity index (χ1n) is 7.66. The van der Waals surface area contributed by atoms with Gasteiger partial charge >= 0.3 is 0 Å². The summed E-state index contributed by atoms with van der Waals surface area (Å²) in [5.41, 5.74) is 0.743. The van der Waals surface area contributed by atoms with E-state index in [1.54, 1.807) is 12.1 Å². The maximum absolute atomic E-state index is 13.8. The highest BCUT2D eigenvalue weighted by Gasteiger charge is 2.22. The maximum atomic E-state index is 13.8. The van der Waals surface area contributed by atoms with Crippen molar-refractivity contribution < 1.29 is 4.39 Å². The molecule has 1 aromatic rings. The Morgan fingerprint density at radius 2 is 1.90 bits per heavy atom. The van der Waals surface area contributed by atoms with Crippen molar-refractivity contribution in [2.24, 2.45) is 0 Å². The molecule has 112 valence electrons. The van der Waals surface area contributed by atoms with Gasteiger partial charge in [-0.25, -0.2) is 4.39 Å². The van der Waals surface area contributed by atoms with Crippen molar-refractivity contribution in [3.8, 4) is 0 Å². The molecule has 1 N–H and O–H groups in total. The normalized spacial score (nSPS) is 18.2. The van der Waals surface area contributed by atoms with Crippen molar-refractivity contribution in [2.75, 3.05) is 44.2 Å². The molecule has 0 amide bonds. The molecule has 3 nitrogen and oxygen atoms in total. The van der Waals surface area contributed by atoms with Crippen LogP contribution in [0.3, 0.4) is 0 Å². The standard InChI is InChI=1S/C16H26FN3/c1-3-18-9-8-14(2)19-10-12-20(13-11-19)16-7-5-4-6-15(16)17/h4-7,14,18H,3,8-13H2,1-2H3. The van der Waals surface area contributed by atoms with Crippen molar-refractivity contribution in [1.29, 1.82) is 0 Å². The Labute approximate surface area is 121 Å². The molecule has 0 bridgehead atoms. The van der Waals surface area contributed by atoms with Gasteiger partial charge in [0.2, 0.25) is 0 Å². The molecule has 1 aromatic carbocycles. The van der Waals surface area contributed by atoms with Crippen LogP contribution in [0.1, 0.15) is 20.3 Å². The molecular weight excluding hydrogens is 253 g/mol. The molecule has 0 spiro atoms. The van der Waals surface area contributed by atoms with Crippen LogP contribution in [0.5, 0.6) is 0 Å². The lowest BCUT2D eigenvalue weighted by Gasteiger charge is -2.39. The zero-order valence-electron chi connectivity index (χ0n) is 12.6. The highest BCUT2D eigenvalue weighted by molar-refractivity contribution is 5.47. The van der Waals surface area contributed by atoms with E-state index in [1.807, 2.05) is 12.1 Å². The van der Waals surface area contributed by atoms with Gasteiger partial charge in [-0.1, -0.05) is 19.1 Å². The van der Waals surface area contributed by atoms with Crippen molar-refractivity contribution in [1.82, 2.24) is 10.2 Å². The molecule has 4 heteroatoms. The van der Waals surface area contributed by atoms with Crippen LogP contribution in [0.2, 0.25) is 0 Å². The van der Waals surface area contributed by atoms with Crippen molar-refractivity contribution in [3.63, 3.8) is 0 Å². The number of nitrogens with zero attached hydrogens (tertiary/aromatic N) is 2. The van der Waals surface area contributed by atoms with Crippen LogP contribution in [-0.2, 0) is 0 Å². The highest BCUT2D eigenvalue weighted by Crippen LogP contribution is 2.20. The van der Waals surface area contributed by atoms with Gasteiger partial charge in [0.05, 0.1) is 5.69 Å². The smallest absolute Gasteiger partial charge is 0.146 e. The first-order valence-corrected chi connectivity index (χ1v) is 7.66. The minimum absolute atomic E-state index is 0.110. The third-order valence-corrected chi connectivity index (χ3v) is 4.12. The maximum Gasteiger partial charge on any atom is 0.146 e. The number of hydrogen-bond donors (Lipinski definition) is 1. The molecule has 1 saturated heterocycles. The second-order valence-electron chi connectivity index (χ2n) is 5.47. The minimum atomic E-state index is -0.110. The van der Waals surface area contributed by atoms with Gasteiger partial charge in [0.25, 0.3) is 0 Å². The number of rotatable bonds is 6. The summed E-state index contributed by atoms with van der Waals surface area (Å²) in [6.07, 6.45) is 1.17. The van der Waals surface area contributed by atoms with Gasteiger partial charge in [-0.3, -0.25) is 4.90 Å². The molecule has 2 rings (SSSR count). The Hall–Kier alpha value is -1.13. The lowest BCUT2D eigenvalue weighted by molar-refractivity contribution is 0.188. The van der Waals surface area contributed by atoms with Crippen LogP contribution in [0.4, 0.5) is 10.1 Å². The van der Waals surface area contributed by atoms with Crippen LogP contribution >= 0.6 is 0 Å². The topological polar surface area (TPSA) is 18.5 Å². The number of halogens is 1. The van der Waals surface area contributed by atoms with E-state index in [1.165, 1.54) is 6.42 Å². The lowest BCUT2D eigenvalue weighted by atomic mass is 10.1. The fraction of sp³-hybridized carbons (Fsp3) is 0.625. The summed E-state index contributed by atoms with van der Waals surface area (Å²) in [5, 5.41) is 3.37. The van der Waals surface area contributed by atoms with Gasteiger partial charge in [0.1, 0.15) is 5.82 Å². The van der Waals surface area contributed by atoms with Gasteiger partial charge < -0.3 is 10.2 Å². The molecule has 1 unspecified atom stereocenters. The fourth-order valence-electron chi connectivity index (χ4n) is 2.78. The first-order chi connectivity index (χ1) is 9.72. The quantitative estimate of drug-likeness (QED) is 0.806. The minimum Gasteiger partial charge on any atom is -0.367 e. The second-order valence-corrected chi connectivity index (χ2v) is 5.47. The molecule has 1 aliphatic rings. The van der Waals surface area contributed by atoms with Gasteiger partial charge in [0.15, 0.2) is 0 Å². The van der Waals surface area contributed by atoms with Crippen LogP contribution in [0, 0.1) is 5.82 Å². The zero-order valence-corrected chi connectivity index (χ0v) is 12.6. The van der Waals surface area contributed by atoms with E-state index in [-0.39, 0.29) is 5.82 Å². The van der Waals surface area contributed by atoms with E-state index in [0.717, 1.165) is 45.0 Å². The van der Waals surface area contributed by atoms with Crippen molar-refractivity contribution in [2.45, 2.75) is 26.3 Å². The van der Waals surface area contributed by atoms with Crippen LogP contribution in [-0.4, -0.2) is 50.2 Å². The summed E-state index contributed by atoms with van der Waals surface area (Å²) in [6, 6.07) is 7.67. The molecule has 1 fully saturated rings. The summed E-state index contributed by atoms with van der Waals surface area (Å²) < 4.78 is 13.8. The van der Waals surface area contributed by atoms with Gasteiger partial charge in [0, 0.05) is 32.2 Å². The van der Waals surface area contributed by atoms with Gasteiger partial charge in [-0.15, -0.1) is 0 Å². The van der Waals surface area contributed by atoms with E-state index in [9.17, 15) is 4.39 Å². The molecule has 1 aliphatic heterocycles. The van der Waals surface area contributed by atoms with Crippen molar-refractivity contribution >= 4 is 5.69 Å². The predicted octanol–water partition coefficient (Wildman–Crippen LogP) is 2.34. The second kappa shape index (κ2) is 7.60. The Morgan fingerprint density at radius 1 is 1.20 bits per heavy atom. The largest absolute Gasteiger partial charge is 0.367 e. The number of nitrogens with one attached hydrogen (secondary N) is 1. The summed E-state index contributed by atoms with van der Waals surface area (Å²) >= 11 is 0. The number of piperazine rings is 1. The number of anilines is 1. The number of benzene rings is 1. The number of para-hydroxylation sites is 1. The van der Waals surface area contributed by atoms with Crippen LogP contribution in [0.25, 0.3) is 0 Å². The molecule has 0 saturated carbocycles. The highest BCUT2D eigenvalue weighted by atomic mass is 19.1. The SMILES string of the molecule is CCNCCC(C)N1CCN(c2ccccc2F)CC1. The molecule has 0 radical (unpaired) electrons. The average molecular weight is 279 g/mol. The number of hydrogen-bond acceptors (Lipinski definition) is 3. The lowest BCUT2D eigenvalue weighted by Crippen LogP contribution is -2.50. The van der Waals surface area contributed by atoms with Crippen LogP contribution < -0.4 is 10.2 Å². The van der Waals surface area contributed by atoms with E-state index in [4.69, 9.17) is 0 Å². The molecule has 0 aliphatic carbocycles. The monoisotopic (exact) mass is 279 g/mol. The van der Waals surface area contributed by atoms with Gasteiger partial charge in [-0.2, -0.15) is 0 Å². The molecule has 0 aromatic heterocycles. The van der Waals surface area contributed by atoms with E-state index in [0.29, 0.717) is 6.04 Å². The van der Waals surface area contributed by atoms with Crippen molar-refractivity contribution in [3.05, 3.63) is 30.1 Å². The Morgan fingerprint density at radius 3 is 2.55 bits per heavy atom. The average Bonchev–Trinajstić information content (AvgIpc) is 2.48. The zero-order chi connectivity index (χ0) is 14.4. The summed E-state index contributed by atoms with van der Waals surface area (Å²) in [4.78, 5) is 4.66. The third kappa shape index (κ3) is 3.93. The fourth-order valence-corrected chi connectivity index (χ4v) is 2.78. The summed E-state index contributed by atoms with van der Waals surface area (Å²) in [6.45, 7) is 10.4. The van der Waals surface area contributed by atoms with Crippen LogP contribution in [0.15, 0.2) is 24.3 Å².